The van der Waals surface area contributed by atoms with E-state index in [0.717, 1.165) is 31.2 Å². The van der Waals surface area contributed by atoms with Gasteiger partial charge < -0.3 is 36.0 Å². The van der Waals surface area contributed by atoms with Crippen LogP contribution in [-0.2, 0) is 16.0 Å². The zero-order valence-electron chi connectivity index (χ0n) is 25.4. The van der Waals surface area contributed by atoms with Gasteiger partial charge in [0.15, 0.2) is 5.79 Å². The summed E-state index contributed by atoms with van der Waals surface area (Å²) in [5.74, 6) is 0.658. The molecule has 43 heavy (non-hydrogen) atoms. The van der Waals surface area contributed by atoms with E-state index in [0.29, 0.717) is 48.0 Å². The number of carbonyl (C=O) groups is 1. The number of nitrogen functional groups attached to an aromatic ring is 1. The molecule has 230 valence electrons. The van der Waals surface area contributed by atoms with E-state index in [4.69, 9.17) is 30.8 Å². The molecule has 0 unspecified atom stereocenters. The van der Waals surface area contributed by atoms with Crippen molar-refractivity contribution in [3.05, 3.63) is 77.1 Å². The SMILES string of the molecule is CC.CC=N.COc1ccccc1C(=O)NCc1ccc(C(=N)c2c(N)ncnc2NC2CCC3(CC2)OCCO3)cc1. The summed E-state index contributed by atoms with van der Waals surface area (Å²) in [5.41, 5.74) is 8.96. The topological polar surface area (TPSA) is 168 Å². The van der Waals surface area contributed by atoms with Crippen LogP contribution in [0.1, 0.15) is 73.5 Å². The largest absolute Gasteiger partial charge is 0.496 e. The molecule has 0 radical (unpaired) electrons. The van der Waals surface area contributed by atoms with Gasteiger partial charge in [-0.1, -0.05) is 50.2 Å². The highest BCUT2D eigenvalue weighted by atomic mass is 16.7. The average Bonchev–Trinajstić information content (AvgIpc) is 3.50. The van der Waals surface area contributed by atoms with Crippen molar-refractivity contribution in [1.82, 2.24) is 15.3 Å². The zero-order chi connectivity index (χ0) is 31.2. The number of hydrogen-bond acceptors (Lipinski definition) is 10. The third-order valence-corrected chi connectivity index (χ3v) is 7.08. The fourth-order valence-corrected chi connectivity index (χ4v) is 4.98. The van der Waals surface area contributed by atoms with Gasteiger partial charge in [-0.2, -0.15) is 0 Å². The summed E-state index contributed by atoms with van der Waals surface area (Å²) in [6, 6.07) is 14.7. The van der Waals surface area contributed by atoms with Crippen molar-refractivity contribution in [2.45, 2.75) is 64.8 Å². The van der Waals surface area contributed by atoms with Crippen molar-refractivity contribution in [3.63, 3.8) is 0 Å². The summed E-state index contributed by atoms with van der Waals surface area (Å²) in [4.78, 5) is 21.1. The van der Waals surface area contributed by atoms with Gasteiger partial charge in [-0.05, 0) is 43.7 Å². The van der Waals surface area contributed by atoms with Crippen molar-refractivity contribution < 1.29 is 19.0 Å². The number of hydrogen-bond donors (Lipinski definition) is 5. The molecule has 1 saturated heterocycles. The van der Waals surface area contributed by atoms with Crippen LogP contribution in [0.15, 0.2) is 54.9 Å². The van der Waals surface area contributed by atoms with Crippen LogP contribution >= 0.6 is 0 Å². The zero-order valence-corrected chi connectivity index (χ0v) is 25.4. The smallest absolute Gasteiger partial charge is 0.255 e. The first-order chi connectivity index (χ1) is 20.9. The maximum atomic E-state index is 12.6. The summed E-state index contributed by atoms with van der Waals surface area (Å²) in [7, 11) is 1.54. The van der Waals surface area contributed by atoms with Gasteiger partial charge in [0.05, 0.1) is 37.2 Å². The van der Waals surface area contributed by atoms with E-state index in [1.54, 1.807) is 25.1 Å². The molecule has 1 amide bonds. The number of nitrogens with zero attached hydrogens (tertiary/aromatic N) is 2. The van der Waals surface area contributed by atoms with Gasteiger partial charge in [0.25, 0.3) is 5.91 Å². The van der Waals surface area contributed by atoms with E-state index in [2.05, 4.69) is 20.6 Å². The van der Waals surface area contributed by atoms with Crippen molar-refractivity contribution >= 4 is 29.5 Å². The number of para-hydroxylation sites is 1. The maximum absolute atomic E-state index is 12.6. The normalized spacial score (nSPS) is 15.3. The lowest BCUT2D eigenvalue weighted by atomic mass is 9.90. The molecule has 0 atom stereocenters. The number of methoxy groups -OCH3 is 1. The van der Waals surface area contributed by atoms with Gasteiger partial charge >= 0.3 is 0 Å². The van der Waals surface area contributed by atoms with Gasteiger partial charge in [0, 0.05) is 31.0 Å². The molecule has 2 fully saturated rings. The summed E-state index contributed by atoms with van der Waals surface area (Å²) in [6.07, 6.45) is 6.02. The van der Waals surface area contributed by atoms with Crippen molar-refractivity contribution in [2.75, 3.05) is 31.4 Å². The molecule has 1 aliphatic carbocycles. The Bertz CT molecular complexity index is 1350. The van der Waals surface area contributed by atoms with E-state index in [-0.39, 0.29) is 23.5 Å². The summed E-state index contributed by atoms with van der Waals surface area (Å²) in [5, 5.41) is 21.3. The summed E-state index contributed by atoms with van der Waals surface area (Å²) in [6.45, 7) is 7.30. The number of benzene rings is 2. The van der Waals surface area contributed by atoms with Gasteiger partial charge in [-0.15, -0.1) is 0 Å². The second-order valence-electron chi connectivity index (χ2n) is 9.75. The highest BCUT2D eigenvalue weighted by Gasteiger charge is 2.40. The van der Waals surface area contributed by atoms with Crippen LogP contribution < -0.4 is 21.1 Å². The maximum Gasteiger partial charge on any atom is 0.255 e. The number of ether oxygens (including phenoxy) is 3. The second-order valence-corrected chi connectivity index (χ2v) is 9.75. The molecule has 3 aromatic rings. The Hall–Kier alpha value is -4.35. The Morgan fingerprint density at radius 2 is 1.72 bits per heavy atom. The van der Waals surface area contributed by atoms with Crippen LogP contribution in [0, 0.1) is 10.8 Å². The molecule has 1 aliphatic heterocycles. The predicted molar refractivity (Wildman–Crippen MR) is 169 cm³/mol. The standard InChI is InChI=1S/C28H32N6O4.C2H5N.C2H6/c1-36-22-5-3-2-4-21(22)27(35)31-16-18-6-8-19(9-7-18)24(29)23-25(30)32-17-33-26(23)34-20-10-12-28(13-11-20)37-14-15-38-28;1-2-3;1-2/h2-9,17,20,29H,10-16H2,1H3,(H,31,35)(H3,30,32,33,34);2-3H,1H3;1-2H3. The minimum absolute atomic E-state index is 0.170. The summed E-state index contributed by atoms with van der Waals surface area (Å²) >= 11 is 0. The second kappa shape index (κ2) is 16.3. The fraction of sp³-hybridized carbons (Fsp3) is 0.406. The summed E-state index contributed by atoms with van der Waals surface area (Å²) < 4.78 is 16.9. The fourth-order valence-electron chi connectivity index (χ4n) is 4.98. The molecule has 2 aromatic carbocycles. The number of nitrogens with one attached hydrogen (secondary N) is 4. The van der Waals surface area contributed by atoms with E-state index in [1.165, 1.54) is 19.7 Å². The van der Waals surface area contributed by atoms with Gasteiger partial charge in [0.2, 0.25) is 0 Å². The Kier molecular flexibility index (Phi) is 12.6. The Balaban J connectivity index is 0.000000953. The lowest BCUT2D eigenvalue weighted by Gasteiger charge is -2.36. The number of rotatable bonds is 8. The van der Waals surface area contributed by atoms with E-state index in [9.17, 15) is 4.79 Å². The van der Waals surface area contributed by atoms with Gasteiger partial charge in [0.1, 0.15) is 23.7 Å². The van der Waals surface area contributed by atoms with E-state index >= 15 is 0 Å². The molecule has 2 heterocycles. The molecule has 1 spiro atoms. The van der Waals surface area contributed by atoms with Gasteiger partial charge in [-0.3, -0.25) is 10.2 Å². The molecule has 0 bridgehead atoms. The van der Waals surface area contributed by atoms with E-state index < -0.39 is 5.79 Å². The highest BCUT2D eigenvalue weighted by molar-refractivity contribution is 6.16. The molecule has 1 saturated carbocycles. The van der Waals surface area contributed by atoms with E-state index in [1.807, 2.05) is 44.2 Å². The quantitative estimate of drug-likeness (QED) is 0.224. The van der Waals surface area contributed by atoms with Crippen LogP contribution in [0.2, 0.25) is 0 Å². The molecule has 5 rings (SSSR count). The highest BCUT2D eigenvalue weighted by Crippen LogP contribution is 2.37. The van der Waals surface area contributed by atoms with Crippen LogP contribution in [0.3, 0.4) is 0 Å². The van der Waals surface area contributed by atoms with Crippen LogP contribution in [0.25, 0.3) is 0 Å². The van der Waals surface area contributed by atoms with Crippen LogP contribution in [0.5, 0.6) is 5.75 Å². The first-order valence-corrected chi connectivity index (χ1v) is 14.6. The van der Waals surface area contributed by atoms with Crippen LogP contribution in [-0.4, -0.2) is 60.0 Å². The Morgan fingerprint density at radius 1 is 1.09 bits per heavy atom. The van der Waals surface area contributed by atoms with Crippen molar-refractivity contribution in [2.24, 2.45) is 0 Å². The molecule has 11 nitrogen and oxygen atoms in total. The lowest BCUT2D eigenvalue weighted by Crippen LogP contribution is -2.39. The predicted octanol–water partition coefficient (Wildman–Crippen LogP) is 5.19. The first kappa shape index (κ1) is 33.2. The monoisotopic (exact) mass is 589 g/mol. The first-order valence-electron chi connectivity index (χ1n) is 14.6. The average molecular weight is 590 g/mol. The molecule has 1 aromatic heterocycles. The molecule has 11 heteroatoms. The number of amides is 1. The Labute approximate surface area is 253 Å². The number of nitrogens with two attached hydrogens (primary N) is 1. The minimum Gasteiger partial charge on any atom is -0.496 e. The Morgan fingerprint density at radius 3 is 2.35 bits per heavy atom. The third kappa shape index (κ3) is 8.59. The lowest BCUT2D eigenvalue weighted by molar-refractivity contribution is -0.177. The number of carbonyl (C=O) groups excluding carboxylic acids is 1. The van der Waals surface area contributed by atoms with Gasteiger partial charge in [-0.25, -0.2) is 9.97 Å². The van der Waals surface area contributed by atoms with Crippen molar-refractivity contribution in [3.8, 4) is 5.75 Å². The molecule has 6 N–H and O–H groups in total. The minimum atomic E-state index is -0.438. The molecular weight excluding hydrogens is 546 g/mol. The number of anilines is 2. The molecule has 2 aliphatic rings. The van der Waals surface area contributed by atoms with Crippen LogP contribution in [0.4, 0.5) is 11.6 Å². The molecular formula is C32H43N7O4. The van der Waals surface area contributed by atoms with Crippen molar-refractivity contribution in [1.29, 1.82) is 10.8 Å². The third-order valence-electron chi connectivity index (χ3n) is 7.08. The number of aromatic nitrogens is 2.